The van der Waals surface area contributed by atoms with Crippen molar-refractivity contribution in [3.8, 4) is 11.3 Å². The Morgan fingerprint density at radius 2 is 1.79 bits per heavy atom. The van der Waals surface area contributed by atoms with Crippen molar-refractivity contribution >= 4 is 6.08 Å². The highest BCUT2D eigenvalue weighted by Gasteiger charge is 2.06. The molecule has 1 heterocycles. The number of pyridine rings is 1. The highest BCUT2D eigenvalue weighted by molar-refractivity contribution is 5.70. The Hall–Kier alpha value is -1.89. The number of aromatic nitrogens is 1. The van der Waals surface area contributed by atoms with Gasteiger partial charge in [-0.2, -0.15) is 0 Å². The highest BCUT2D eigenvalue weighted by atomic mass is 14.7. The Labute approximate surface area is 83.7 Å². The number of hydrogen-bond donors (Lipinski definition) is 0. The third-order valence-corrected chi connectivity index (χ3v) is 2.18. The van der Waals surface area contributed by atoms with Crippen molar-refractivity contribution in [2.75, 3.05) is 0 Å². The van der Waals surface area contributed by atoms with E-state index in [9.17, 15) is 0 Å². The molecule has 2 rings (SSSR count). The molecule has 0 amide bonds. The van der Waals surface area contributed by atoms with Crippen LogP contribution >= 0.6 is 0 Å². The monoisotopic (exact) mass is 182 g/mol. The summed E-state index contributed by atoms with van der Waals surface area (Å²) in [5.41, 5.74) is 3.45. The molecule has 0 saturated heterocycles. The molecular formula is C13H12N+. The summed E-state index contributed by atoms with van der Waals surface area (Å²) in [7, 11) is 0. The second-order valence-electron chi connectivity index (χ2n) is 3.07. The molecule has 0 spiro atoms. The van der Waals surface area contributed by atoms with E-state index in [0.717, 1.165) is 11.3 Å². The first-order valence-corrected chi connectivity index (χ1v) is 4.60. The van der Waals surface area contributed by atoms with Gasteiger partial charge < -0.3 is 0 Å². The van der Waals surface area contributed by atoms with Crippen LogP contribution in [0.25, 0.3) is 17.3 Å². The molecule has 0 aliphatic heterocycles. The van der Waals surface area contributed by atoms with E-state index in [4.69, 9.17) is 0 Å². The van der Waals surface area contributed by atoms with Crippen molar-refractivity contribution < 1.29 is 4.98 Å². The van der Waals surface area contributed by atoms with Crippen LogP contribution in [0.1, 0.15) is 5.56 Å². The standard InChI is InChI=1S/C13H11N/c1-2-11-7-3-4-8-12(11)13-9-5-6-10-14-13/h2-10H,1H2/p+1. The zero-order valence-corrected chi connectivity index (χ0v) is 7.90. The fourth-order valence-corrected chi connectivity index (χ4v) is 1.48. The molecule has 0 aliphatic carbocycles. The van der Waals surface area contributed by atoms with Gasteiger partial charge in [-0.15, -0.1) is 0 Å². The van der Waals surface area contributed by atoms with Gasteiger partial charge in [-0.05, 0) is 17.7 Å². The molecule has 1 nitrogen and oxygen atoms in total. The molecular weight excluding hydrogens is 170 g/mol. The van der Waals surface area contributed by atoms with E-state index in [1.54, 1.807) is 0 Å². The summed E-state index contributed by atoms with van der Waals surface area (Å²) in [4.78, 5) is 3.21. The number of benzene rings is 1. The minimum absolute atomic E-state index is 1.11. The van der Waals surface area contributed by atoms with Crippen molar-refractivity contribution in [3.63, 3.8) is 0 Å². The van der Waals surface area contributed by atoms with Gasteiger partial charge in [0.1, 0.15) is 0 Å². The molecule has 1 aromatic carbocycles. The molecule has 1 N–H and O–H groups in total. The maximum Gasteiger partial charge on any atom is 0.211 e. The SMILES string of the molecule is C=Cc1ccccc1-c1cccc[nH+]1. The van der Waals surface area contributed by atoms with Crippen molar-refractivity contribution in [1.82, 2.24) is 0 Å². The molecule has 0 radical (unpaired) electrons. The molecule has 14 heavy (non-hydrogen) atoms. The number of aromatic amines is 1. The quantitative estimate of drug-likeness (QED) is 0.678. The smallest absolute Gasteiger partial charge is 0.211 e. The lowest BCUT2D eigenvalue weighted by molar-refractivity contribution is -0.364. The van der Waals surface area contributed by atoms with Crippen molar-refractivity contribution in [2.45, 2.75) is 0 Å². The van der Waals surface area contributed by atoms with E-state index in [0.29, 0.717) is 0 Å². The Kier molecular flexibility index (Phi) is 2.41. The lowest BCUT2D eigenvalue weighted by Gasteiger charge is -1.99. The predicted molar refractivity (Wildman–Crippen MR) is 58.5 cm³/mol. The first-order valence-electron chi connectivity index (χ1n) is 4.60. The van der Waals surface area contributed by atoms with E-state index < -0.39 is 0 Å². The zero-order chi connectivity index (χ0) is 9.80. The molecule has 2 aromatic rings. The molecule has 0 fully saturated rings. The van der Waals surface area contributed by atoms with Gasteiger partial charge in [0.15, 0.2) is 6.20 Å². The van der Waals surface area contributed by atoms with Crippen LogP contribution in [0.4, 0.5) is 0 Å². The van der Waals surface area contributed by atoms with Crippen LogP contribution in [0.5, 0.6) is 0 Å². The van der Waals surface area contributed by atoms with Crippen molar-refractivity contribution in [3.05, 3.63) is 60.8 Å². The van der Waals surface area contributed by atoms with Crippen LogP contribution in [0, 0.1) is 0 Å². The van der Waals surface area contributed by atoms with Crippen LogP contribution in [0.3, 0.4) is 0 Å². The van der Waals surface area contributed by atoms with Crippen LogP contribution in [-0.2, 0) is 0 Å². The fourth-order valence-electron chi connectivity index (χ4n) is 1.48. The van der Waals surface area contributed by atoms with Gasteiger partial charge in [-0.1, -0.05) is 30.9 Å². The van der Waals surface area contributed by atoms with E-state index in [-0.39, 0.29) is 0 Å². The van der Waals surface area contributed by atoms with Gasteiger partial charge in [0.25, 0.3) is 0 Å². The summed E-state index contributed by atoms with van der Waals surface area (Å²) in [6.07, 6.45) is 3.80. The number of nitrogens with one attached hydrogen (secondary N) is 1. The molecule has 0 bridgehead atoms. The van der Waals surface area contributed by atoms with Gasteiger partial charge in [0.2, 0.25) is 5.69 Å². The van der Waals surface area contributed by atoms with Gasteiger partial charge in [-0.25, -0.2) is 4.98 Å². The Morgan fingerprint density at radius 3 is 2.50 bits per heavy atom. The van der Waals surface area contributed by atoms with E-state index in [1.165, 1.54) is 5.56 Å². The third-order valence-electron chi connectivity index (χ3n) is 2.18. The second-order valence-corrected chi connectivity index (χ2v) is 3.07. The first-order chi connectivity index (χ1) is 6.92. The normalized spacial score (nSPS) is 9.71. The highest BCUT2D eigenvalue weighted by Crippen LogP contribution is 2.19. The first kappa shape index (κ1) is 8.70. The predicted octanol–water partition coefficient (Wildman–Crippen LogP) is 2.81. The summed E-state index contributed by atoms with van der Waals surface area (Å²) in [5.74, 6) is 0. The zero-order valence-electron chi connectivity index (χ0n) is 7.90. The molecule has 0 saturated carbocycles. The van der Waals surface area contributed by atoms with Gasteiger partial charge in [0, 0.05) is 12.1 Å². The molecule has 0 aliphatic rings. The summed E-state index contributed by atoms with van der Waals surface area (Å²) in [6.45, 7) is 3.80. The molecule has 1 heteroatoms. The number of rotatable bonds is 2. The largest absolute Gasteiger partial charge is 0.211 e. The average molecular weight is 182 g/mol. The number of H-pyrrole nitrogens is 1. The minimum Gasteiger partial charge on any atom is -0.211 e. The molecule has 1 aromatic heterocycles. The molecule has 68 valence electrons. The minimum atomic E-state index is 1.11. The summed E-state index contributed by atoms with van der Waals surface area (Å²) >= 11 is 0. The lowest BCUT2D eigenvalue weighted by atomic mass is 10.0. The third kappa shape index (κ3) is 1.57. The molecule has 0 unspecified atom stereocenters. The maximum absolute atomic E-state index is 3.80. The van der Waals surface area contributed by atoms with Crippen molar-refractivity contribution in [2.24, 2.45) is 0 Å². The maximum atomic E-state index is 3.80. The molecule has 0 atom stereocenters. The lowest BCUT2D eigenvalue weighted by Crippen LogP contribution is -2.04. The van der Waals surface area contributed by atoms with Crippen LogP contribution in [0.15, 0.2) is 55.2 Å². The summed E-state index contributed by atoms with van der Waals surface area (Å²) < 4.78 is 0. The average Bonchev–Trinajstić information content (AvgIpc) is 2.30. The van der Waals surface area contributed by atoms with E-state index in [1.807, 2.05) is 36.5 Å². The van der Waals surface area contributed by atoms with Crippen LogP contribution in [0.2, 0.25) is 0 Å². The van der Waals surface area contributed by atoms with Gasteiger partial charge in [-0.3, -0.25) is 0 Å². The Morgan fingerprint density at radius 1 is 1.00 bits per heavy atom. The van der Waals surface area contributed by atoms with Crippen molar-refractivity contribution in [1.29, 1.82) is 0 Å². The van der Waals surface area contributed by atoms with Crippen LogP contribution < -0.4 is 4.98 Å². The Bertz CT molecular complexity index is 432. The topological polar surface area (TPSA) is 14.1 Å². The van der Waals surface area contributed by atoms with Crippen LogP contribution in [-0.4, -0.2) is 0 Å². The van der Waals surface area contributed by atoms with E-state index >= 15 is 0 Å². The number of hydrogen-bond acceptors (Lipinski definition) is 0. The van der Waals surface area contributed by atoms with Gasteiger partial charge >= 0.3 is 0 Å². The summed E-state index contributed by atoms with van der Waals surface area (Å²) in [5, 5.41) is 0. The van der Waals surface area contributed by atoms with E-state index in [2.05, 4.69) is 29.8 Å². The fraction of sp³-hybridized carbons (Fsp3) is 0. The second kappa shape index (κ2) is 3.88. The van der Waals surface area contributed by atoms with Gasteiger partial charge in [0.05, 0.1) is 5.56 Å². The Balaban J connectivity index is 2.57. The summed E-state index contributed by atoms with van der Waals surface area (Å²) in [6, 6.07) is 14.2.